The molecule has 0 aliphatic carbocycles. The summed E-state index contributed by atoms with van der Waals surface area (Å²) >= 11 is 6.03. The van der Waals surface area contributed by atoms with E-state index in [1.165, 1.54) is 0 Å². The molecule has 22 heavy (non-hydrogen) atoms. The third kappa shape index (κ3) is 1.63. The predicted molar refractivity (Wildman–Crippen MR) is 79.9 cm³/mol. The van der Waals surface area contributed by atoms with E-state index < -0.39 is 29.5 Å². The Balaban J connectivity index is 1.74. The van der Waals surface area contributed by atoms with Gasteiger partial charge in [-0.25, -0.2) is 0 Å². The lowest BCUT2D eigenvalue weighted by Crippen LogP contribution is -2.39. The molecule has 0 unspecified atom stereocenters. The maximum Gasteiger partial charge on any atom is 0.310 e. The average Bonchev–Trinajstić information content (AvgIpc) is 3.10. The Bertz CT molecular complexity index is 731. The van der Waals surface area contributed by atoms with Gasteiger partial charge in [0.05, 0.1) is 18.6 Å². The summed E-state index contributed by atoms with van der Waals surface area (Å²) < 4.78 is 5.85. The summed E-state index contributed by atoms with van der Waals surface area (Å²) in [5.41, 5.74) is 0.788. The van der Waals surface area contributed by atoms with E-state index in [2.05, 4.69) is 0 Å². The molecule has 2 fully saturated rings. The number of benzene rings is 1. The number of amides is 1. The number of nitrogens with zero attached hydrogens (tertiary/aromatic N) is 1. The molecule has 0 aromatic heterocycles. The number of fused-ring (bicyclic) bond motifs is 1. The van der Waals surface area contributed by atoms with Gasteiger partial charge < -0.3 is 14.7 Å². The molecule has 2 bridgehead atoms. The number of hydrogen-bond acceptors (Lipinski definition) is 3. The minimum atomic E-state index is -0.983. The topological polar surface area (TPSA) is 66.8 Å². The van der Waals surface area contributed by atoms with Crippen LogP contribution in [0.2, 0.25) is 5.02 Å². The monoisotopic (exact) mass is 319 g/mol. The summed E-state index contributed by atoms with van der Waals surface area (Å²) in [7, 11) is 0. The van der Waals surface area contributed by atoms with Crippen molar-refractivity contribution >= 4 is 29.2 Å². The Morgan fingerprint density at radius 2 is 2.27 bits per heavy atom. The van der Waals surface area contributed by atoms with E-state index >= 15 is 0 Å². The fourth-order valence-corrected chi connectivity index (χ4v) is 3.91. The van der Waals surface area contributed by atoms with Gasteiger partial charge in [0.1, 0.15) is 11.5 Å². The van der Waals surface area contributed by atoms with Crippen molar-refractivity contribution in [2.45, 2.75) is 18.6 Å². The lowest BCUT2D eigenvalue weighted by molar-refractivity contribution is -0.146. The molecular weight excluding hydrogens is 306 g/mol. The largest absolute Gasteiger partial charge is 0.481 e. The summed E-state index contributed by atoms with van der Waals surface area (Å²) in [5.74, 6) is -2.64. The van der Waals surface area contributed by atoms with Crippen molar-refractivity contribution in [3.05, 3.63) is 40.9 Å². The third-order valence-electron chi connectivity index (χ3n) is 4.84. The fourth-order valence-electron chi connectivity index (χ4n) is 3.80. The number of carboxylic acid groups (broad SMARTS) is 1. The van der Waals surface area contributed by atoms with Gasteiger partial charge in [-0.15, -0.1) is 0 Å². The van der Waals surface area contributed by atoms with Crippen LogP contribution in [0.3, 0.4) is 0 Å². The van der Waals surface area contributed by atoms with Gasteiger partial charge in [-0.2, -0.15) is 0 Å². The molecule has 0 radical (unpaired) electrons. The first-order valence-corrected chi connectivity index (χ1v) is 7.48. The van der Waals surface area contributed by atoms with Crippen molar-refractivity contribution < 1.29 is 19.4 Å². The van der Waals surface area contributed by atoms with E-state index in [0.29, 0.717) is 11.6 Å². The van der Waals surface area contributed by atoms with Crippen LogP contribution in [-0.4, -0.2) is 35.2 Å². The molecular formula is C16H14ClNO4. The number of hydrogen-bond donors (Lipinski definition) is 1. The molecule has 114 valence electrons. The van der Waals surface area contributed by atoms with Crippen molar-refractivity contribution in [2.75, 3.05) is 11.4 Å². The van der Waals surface area contributed by atoms with E-state index in [9.17, 15) is 14.7 Å². The van der Waals surface area contributed by atoms with Crippen molar-refractivity contribution in [1.29, 1.82) is 0 Å². The Kier molecular flexibility index (Phi) is 2.72. The maximum atomic E-state index is 12.8. The van der Waals surface area contributed by atoms with Gasteiger partial charge in [0.2, 0.25) is 5.91 Å². The standard InChI is InChI=1S/C16H14ClNO4/c1-8-6-9(2-3-10(8)17)18-7-16-5-4-11(22-16)12(15(20)21)13(16)14(18)19/h2-6,11-13H,7H2,1H3,(H,20,21)/t11-,12-,13+,16-/m1/s1. The zero-order chi connectivity index (χ0) is 15.6. The fraction of sp³-hybridized carbons (Fsp3) is 0.375. The third-order valence-corrected chi connectivity index (χ3v) is 5.26. The van der Waals surface area contributed by atoms with E-state index in [1.54, 1.807) is 23.1 Å². The van der Waals surface area contributed by atoms with Crippen molar-refractivity contribution in [1.82, 2.24) is 0 Å². The second-order valence-corrected chi connectivity index (χ2v) is 6.50. The molecule has 1 aromatic rings. The van der Waals surface area contributed by atoms with Crippen LogP contribution < -0.4 is 4.90 Å². The number of aryl methyl sites for hydroxylation is 1. The van der Waals surface area contributed by atoms with Gasteiger partial charge in [0.25, 0.3) is 0 Å². The summed E-state index contributed by atoms with van der Waals surface area (Å²) in [5, 5.41) is 10.1. The zero-order valence-corrected chi connectivity index (χ0v) is 12.6. The van der Waals surface area contributed by atoms with Crippen LogP contribution in [0.25, 0.3) is 0 Å². The molecule has 2 saturated heterocycles. The van der Waals surface area contributed by atoms with E-state index in [0.717, 1.165) is 11.3 Å². The SMILES string of the molecule is Cc1cc(N2C[C@@]34C=C[C@@H](O3)[C@@H](C(=O)O)[C@H]4C2=O)ccc1Cl. The summed E-state index contributed by atoms with van der Waals surface area (Å²) in [6.07, 6.45) is 3.11. The van der Waals surface area contributed by atoms with Gasteiger partial charge in [-0.05, 0) is 30.7 Å². The number of rotatable bonds is 2. The Morgan fingerprint density at radius 1 is 1.50 bits per heavy atom. The lowest BCUT2D eigenvalue weighted by atomic mass is 9.77. The maximum absolute atomic E-state index is 12.8. The molecule has 1 spiro atoms. The Labute approximate surface area is 132 Å². The van der Waals surface area contributed by atoms with Gasteiger partial charge >= 0.3 is 5.97 Å². The zero-order valence-electron chi connectivity index (χ0n) is 11.8. The molecule has 6 heteroatoms. The molecule has 1 N–H and O–H groups in total. The van der Waals surface area contributed by atoms with Crippen LogP contribution in [-0.2, 0) is 14.3 Å². The Morgan fingerprint density at radius 3 is 2.95 bits per heavy atom. The molecule has 1 aromatic carbocycles. The molecule has 3 aliphatic heterocycles. The molecule has 4 rings (SSSR count). The van der Waals surface area contributed by atoms with Crippen LogP contribution in [0, 0.1) is 18.8 Å². The number of carbonyl (C=O) groups excluding carboxylic acids is 1. The summed E-state index contributed by atoms with van der Waals surface area (Å²) in [6, 6.07) is 5.36. The molecule has 4 atom stereocenters. The smallest absolute Gasteiger partial charge is 0.310 e. The molecule has 1 amide bonds. The second-order valence-electron chi connectivity index (χ2n) is 6.10. The van der Waals surface area contributed by atoms with E-state index in [1.807, 2.05) is 19.1 Å². The van der Waals surface area contributed by atoms with Gasteiger partial charge in [0, 0.05) is 10.7 Å². The predicted octanol–water partition coefficient (Wildman–Crippen LogP) is 2.02. The molecule has 0 saturated carbocycles. The normalized spacial score (nSPS) is 35.3. The molecule has 5 nitrogen and oxygen atoms in total. The minimum Gasteiger partial charge on any atom is -0.481 e. The van der Waals surface area contributed by atoms with Crippen molar-refractivity contribution in [3.63, 3.8) is 0 Å². The highest BCUT2D eigenvalue weighted by molar-refractivity contribution is 6.31. The number of anilines is 1. The summed E-state index contributed by atoms with van der Waals surface area (Å²) in [6.45, 7) is 2.21. The van der Waals surface area contributed by atoms with Crippen LogP contribution in [0.1, 0.15) is 5.56 Å². The Hall–Kier alpha value is -1.85. The molecule has 3 heterocycles. The first kappa shape index (κ1) is 13.8. The van der Waals surface area contributed by atoms with Crippen LogP contribution in [0.5, 0.6) is 0 Å². The first-order valence-electron chi connectivity index (χ1n) is 7.10. The van der Waals surface area contributed by atoms with Gasteiger partial charge in [-0.3, -0.25) is 9.59 Å². The number of ether oxygens (including phenoxy) is 1. The quantitative estimate of drug-likeness (QED) is 0.847. The van der Waals surface area contributed by atoms with Gasteiger partial charge in [-0.1, -0.05) is 23.8 Å². The van der Waals surface area contributed by atoms with Crippen LogP contribution in [0.15, 0.2) is 30.4 Å². The van der Waals surface area contributed by atoms with E-state index in [4.69, 9.17) is 16.3 Å². The van der Waals surface area contributed by atoms with Crippen molar-refractivity contribution in [3.8, 4) is 0 Å². The average molecular weight is 320 g/mol. The van der Waals surface area contributed by atoms with Crippen LogP contribution >= 0.6 is 11.6 Å². The molecule has 3 aliphatic rings. The number of carbonyl (C=O) groups is 2. The van der Waals surface area contributed by atoms with Crippen molar-refractivity contribution in [2.24, 2.45) is 11.8 Å². The van der Waals surface area contributed by atoms with E-state index in [-0.39, 0.29) is 5.91 Å². The minimum absolute atomic E-state index is 0.194. The summed E-state index contributed by atoms with van der Waals surface area (Å²) in [4.78, 5) is 25.9. The second kappa shape index (κ2) is 4.33. The number of aliphatic carboxylic acids is 1. The highest BCUT2D eigenvalue weighted by Gasteiger charge is 2.67. The highest BCUT2D eigenvalue weighted by Crippen LogP contribution is 2.52. The number of halogens is 1. The lowest BCUT2D eigenvalue weighted by Gasteiger charge is -2.21. The first-order chi connectivity index (χ1) is 10.4. The van der Waals surface area contributed by atoms with Gasteiger partial charge in [0.15, 0.2) is 0 Å². The van der Waals surface area contributed by atoms with Crippen LogP contribution in [0.4, 0.5) is 5.69 Å². The number of carboxylic acids is 1. The highest BCUT2D eigenvalue weighted by atomic mass is 35.5.